The summed E-state index contributed by atoms with van der Waals surface area (Å²) in [6.45, 7) is 9.33. The molecule has 5 rings (SSSR count). The number of aromatic nitrogens is 4. The van der Waals surface area contributed by atoms with Gasteiger partial charge in [-0.3, -0.25) is 4.79 Å². The van der Waals surface area contributed by atoms with Crippen LogP contribution in [-0.2, 0) is 0 Å². The summed E-state index contributed by atoms with van der Waals surface area (Å²) < 4.78 is 1.75. The third-order valence-electron chi connectivity index (χ3n) is 7.66. The summed E-state index contributed by atoms with van der Waals surface area (Å²) in [4.78, 5) is 29.0. The molecule has 0 bridgehead atoms. The lowest BCUT2D eigenvalue weighted by atomic mass is 10.0. The van der Waals surface area contributed by atoms with E-state index in [-0.39, 0.29) is 18.4 Å². The van der Waals surface area contributed by atoms with Crippen LogP contribution < -0.4 is 4.90 Å². The van der Waals surface area contributed by atoms with Gasteiger partial charge in [0.2, 0.25) is 0 Å². The molecule has 5 heterocycles. The SMILES string of the molecule is CCN(CC)[C@@H](C)CCC(=O)c1cc(-c2cnn3ccc(-c4cccs4)nc23)nc(N2CCC[C@H]2CO)c1. The Bertz CT molecular complexity index is 1380. The first-order chi connectivity index (χ1) is 18.5. The molecular weight excluding hydrogens is 496 g/mol. The van der Waals surface area contributed by atoms with E-state index in [1.807, 2.05) is 35.8 Å². The van der Waals surface area contributed by atoms with Gasteiger partial charge in [0.25, 0.3) is 0 Å². The van der Waals surface area contributed by atoms with Crippen LogP contribution in [0.4, 0.5) is 5.82 Å². The first kappa shape index (κ1) is 26.5. The smallest absolute Gasteiger partial charge is 0.165 e. The number of rotatable bonds is 11. The number of hydrogen-bond donors (Lipinski definition) is 1. The summed E-state index contributed by atoms with van der Waals surface area (Å²) in [7, 11) is 0. The molecule has 1 saturated heterocycles. The molecule has 0 saturated carbocycles. The Morgan fingerprint density at radius 1 is 1.21 bits per heavy atom. The fraction of sp³-hybridized carbons (Fsp3) is 0.448. The number of ketones is 1. The largest absolute Gasteiger partial charge is 0.394 e. The average molecular weight is 533 g/mol. The molecule has 2 atom stereocenters. The quantitative estimate of drug-likeness (QED) is 0.267. The molecule has 1 fully saturated rings. The number of carbonyl (C=O) groups excluding carboxylic acids is 1. The number of carbonyl (C=O) groups is 1. The number of nitrogens with zero attached hydrogens (tertiary/aromatic N) is 6. The number of fused-ring (bicyclic) bond motifs is 1. The van der Waals surface area contributed by atoms with Gasteiger partial charge >= 0.3 is 0 Å². The Balaban J connectivity index is 1.53. The molecule has 0 amide bonds. The van der Waals surface area contributed by atoms with E-state index < -0.39 is 0 Å². The monoisotopic (exact) mass is 532 g/mol. The highest BCUT2D eigenvalue weighted by Gasteiger charge is 2.27. The van der Waals surface area contributed by atoms with Crippen molar-refractivity contribution in [2.24, 2.45) is 0 Å². The maximum absolute atomic E-state index is 13.5. The van der Waals surface area contributed by atoms with Gasteiger partial charge in [-0.15, -0.1) is 11.3 Å². The molecule has 0 aliphatic carbocycles. The highest BCUT2D eigenvalue weighted by molar-refractivity contribution is 7.13. The van der Waals surface area contributed by atoms with Crippen LogP contribution in [-0.4, -0.2) is 73.7 Å². The molecule has 38 heavy (non-hydrogen) atoms. The standard InChI is InChI=1S/C29H36N6O2S/c1-4-33(5-2)20(3)10-11-26(37)21-16-25(31-28(17-21)34-13-6-8-22(34)19-36)23-18-30-35-14-12-24(32-29(23)35)27-9-7-15-38-27/h7,9,12,14-18,20,22,36H,4-6,8,10-11,13,19H2,1-3H3/t20-,22-/m0/s1. The Labute approximate surface area is 228 Å². The topological polar surface area (TPSA) is 86.9 Å². The number of anilines is 1. The molecule has 1 aliphatic rings. The van der Waals surface area contributed by atoms with E-state index >= 15 is 0 Å². The molecule has 4 aromatic heterocycles. The summed E-state index contributed by atoms with van der Waals surface area (Å²) in [5.74, 6) is 0.838. The van der Waals surface area contributed by atoms with Crippen LogP contribution in [0, 0.1) is 0 Å². The van der Waals surface area contributed by atoms with Gasteiger partial charge in [-0.2, -0.15) is 5.10 Å². The third kappa shape index (κ3) is 5.36. The van der Waals surface area contributed by atoms with Gasteiger partial charge in [0.15, 0.2) is 11.4 Å². The van der Waals surface area contributed by atoms with Crippen molar-refractivity contribution >= 4 is 28.6 Å². The number of Topliss-reactive ketones (excluding diaryl/α,β-unsaturated/α-hetero) is 1. The molecule has 0 spiro atoms. The Hall–Kier alpha value is -3.14. The van der Waals surface area contributed by atoms with Gasteiger partial charge in [-0.1, -0.05) is 19.9 Å². The Morgan fingerprint density at radius 3 is 2.79 bits per heavy atom. The minimum Gasteiger partial charge on any atom is -0.394 e. The van der Waals surface area contributed by atoms with E-state index in [4.69, 9.17) is 9.97 Å². The van der Waals surface area contributed by atoms with Crippen LogP contribution in [0.1, 0.15) is 56.8 Å². The van der Waals surface area contributed by atoms with Gasteiger partial charge < -0.3 is 14.9 Å². The van der Waals surface area contributed by atoms with Crippen LogP contribution in [0.3, 0.4) is 0 Å². The van der Waals surface area contributed by atoms with Crippen molar-refractivity contribution < 1.29 is 9.90 Å². The van der Waals surface area contributed by atoms with Crippen molar-refractivity contribution in [1.29, 1.82) is 0 Å². The first-order valence-corrected chi connectivity index (χ1v) is 14.5. The number of hydrogen-bond acceptors (Lipinski definition) is 8. The molecule has 200 valence electrons. The van der Waals surface area contributed by atoms with Crippen molar-refractivity contribution in [3.8, 4) is 21.8 Å². The van der Waals surface area contributed by atoms with E-state index in [0.717, 1.165) is 60.8 Å². The molecule has 0 radical (unpaired) electrons. The highest BCUT2D eigenvalue weighted by Crippen LogP contribution is 2.31. The summed E-state index contributed by atoms with van der Waals surface area (Å²) >= 11 is 1.64. The fourth-order valence-corrected chi connectivity index (χ4v) is 6.11. The predicted octanol–water partition coefficient (Wildman–Crippen LogP) is 5.17. The third-order valence-corrected chi connectivity index (χ3v) is 8.55. The van der Waals surface area contributed by atoms with Crippen LogP contribution in [0.2, 0.25) is 0 Å². The zero-order chi connectivity index (χ0) is 26.6. The minimum absolute atomic E-state index is 0.0100. The molecule has 0 aromatic carbocycles. The highest BCUT2D eigenvalue weighted by atomic mass is 32.1. The summed E-state index contributed by atoms with van der Waals surface area (Å²) in [6, 6.07) is 10.2. The molecule has 4 aromatic rings. The van der Waals surface area contributed by atoms with Crippen molar-refractivity contribution in [2.45, 2.75) is 58.5 Å². The summed E-state index contributed by atoms with van der Waals surface area (Å²) in [6.07, 6.45) is 6.86. The number of pyridine rings is 1. The lowest BCUT2D eigenvalue weighted by Crippen LogP contribution is -2.33. The van der Waals surface area contributed by atoms with Crippen molar-refractivity contribution in [2.75, 3.05) is 31.1 Å². The van der Waals surface area contributed by atoms with Crippen molar-refractivity contribution in [3.63, 3.8) is 0 Å². The first-order valence-electron chi connectivity index (χ1n) is 13.6. The summed E-state index contributed by atoms with van der Waals surface area (Å²) in [5, 5.41) is 16.5. The second kappa shape index (κ2) is 11.7. The average Bonchev–Trinajstić information content (AvgIpc) is 3.72. The number of aliphatic hydroxyl groups excluding tert-OH is 1. The molecule has 1 aliphatic heterocycles. The zero-order valence-corrected chi connectivity index (χ0v) is 23.2. The Morgan fingerprint density at radius 2 is 2.05 bits per heavy atom. The van der Waals surface area contributed by atoms with E-state index in [1.54, 1.807) is 22.0 Å². The van der Waals surface area contributed by atoms with Crippen LogP contribution in [0.25, 0.3) is 27.5 Å². The molecule has 0 unspecified atom stereocenters. The van der Waals surface area contributed by atoms with Gasteiger partial charge in [0.1, 0.15) is 5.82 Å². The van der Waals surface area contributed by atoms with Gasteiger partial charge in [-0.25, -0.2) is 14.5 Å². The number of aliphatic hydroxyl groups is 1. The van der Waals surface area contributed by atoms with Gasteiger partial charge in [0.05, 0.1) is 40.7 Å². The predicted molar refractivity (Wildman–Crippen MR) is 153 cm³/mol. The van der Waals surface area contributed by atoms with E-state index in [1.165, 1.54) is 0 Å². The summed E-state index contributed by atoms with van der Waals surface area (Å²) in [5.41, 5.74) is 3.70. The molecular formula is C29H36N6O2S. The van der Waals surface area contributed by atoms with Crippen LogP contribution >= 0.6 is 11.3 Å². The molecule has 1 N–H and O–H groups in total. The van der Waals surface area contributed by atoms with E-state index in [2.05, 4.69) is 41.7 Å². The lowest BCUT2D eigenvalue weighted by Gasteiger charge is -2.26. The lowest BCUT2D eigenvalue weighted by molar-refractivity contribution is 0.0964. The maximum atomic E-state index is 13.5. The minimum atomic E-state index is 0.0100. The fourth-order valence-electron chi connectivity index (χ4n) is 5.41. The molecule has 8 nitrogen and oxygen atoms in total. The van der Waals surface area contributed by atoms with Crippen molar-refractivity contribution in [3.05, 3.63) is 53.7 Å². The van der Waals surface area contributed by atoms with Crippen LogP contribution in [0.5, 0.6) is 0 Å². The zero-order valence-electron chi connectivity index (χ0n) is 22.4. The maximum Gasteiger partial charge on any atom is 0.165 e. The Kier molecular flexibility index (Phi) is 8.16. The van der Waals surface area contributed by atoms with E-state index in [0.29, 0.717) is 29.4 Å². The van der Waals surface area contributed by atoms with Gasteiger partial charge in [-0.05, 0) is 68.9 Å². The van der Waals surface area contributed by atoms with Gasteiger partial charge in [0, 0.05) is 30.8 Å². The second-order valence-corrected chi connectivity index (χ2v) is 10.9. The van der Waals surface area contributed by atoms with E-state index in [9.17, 15) is 9.90 Å². The van der Waals surface area contributed by atoms with Crippen LogP contribution in [0.15, 0.2) is 48.1 Å². The number of thiophene rings is 1. The molecule has 9 heteroatoms. The normalized spacial score (nSPS) is 16.6. The van der Waals surface area contributed by atoms with Crippen molar-refractivity contribution in [1.82, 2.24) is 24.5 Å². The second-order valence-electron chi connectivity index (χ2n) is 9.92.